The number of phenols is 2. The number of imide groups is 1. The first-order chi connectivity index (χ1) is 25.8. The fourth-order valence-electron chi connectivity index (χ4n) is 9.91. The highest BCUT2D eigenvalue weighted by molar-refractivity contribution is 6.31. The lowest BCUT2D eigenvalue weighted by Gasteiger charge is -2.55. The number of ketones is 2. The third-order valence-corrected chi connectivity index (χ3v) is 12.3. The van der Waals surface area contributed by atoms with Gasteiger partial charge >= 0.3 is 0 Å². The van der Waals surface area contributed by atoms with Crippen molar-refractivity contribution in [1.82, 2.24) is 4.90 Å². The highest BCUT2D eigenvalue weighted by Gasteiger charge is 2.66. The Labute approximate surface area is 306 Å². The van der Waals surface area contributed by atoms with Crippen molar-refractivity contribution in [2.24, 2.45) is 23.7 Å². The lowest BCUT2D eigenvalue weighted by Crippen LogP contribution is -2.58. The van der Waals surface area contributed by atoms with Crippen LogP contribution in [0.25, 0.3) is 16.3 Å². The number of Topliss-reactive ketones (excluding diaryl/α,β-unsaturated/α-hetero) is 1. The second-order valence-electron chi connectivity index (χ2n) is 14.8. The van der Waals surface area contributed by atoms with Crippen LogP contribution in [-0.4, -0.2) is 45.0 Å². The number of likely N-dealkylation sites (tertiary alicyclic amines) is 1. The number of hydrogen-bond acceptors (Lipinski definition) is 6. The van der Waals surface area contributed by atoms with Crippen molar-refractivity contribution in [1.29, 1.82) is 0 Å². The molecular weight excluding hydrogens is 663 g/mol. The summed E-state index contributed by atoms with van der Waals surface area (Å²) >= 11 is 0. The molecule has 0 unspecified atom stereocenters. The number of carbonyl (C=O) groups excluding carboxylic acids is 4. The average Bonchev–Trinajstić information content (AvgIpc) is 3.44. The van der Waals surface area contributed by atoms with Crippen LogP contribution in [0, 0.1) is 23.7 Å². The number of nitrogens with zero attached hydrogens (tertiary/aromatic N) is 1. The molecule has 7 heteroatoms. The summed E-state index contributed by atoms with van der Waals surface area (Å²) in [6.45, 7) is 0.197. The SMILES string of the molecule is O=C1C(c2ccccc2)=CC(=O)[C@@]2(c3ccccc3)[C@@H](c3ccc4ccccc4c3O)C3=CC[C@@H]4C(=O)N(CCc5ccc(O)cc5)C(=O)[C@@H]4[C@@H]3C[C@@H]12. The van der Waals surface area contributed by atoms with Crippen LogP contribution in [-0.2, 0) is 31.0 Å². The molecule has 1 heterocycles. The van der Waals surface area contributed by atoms with Crippen LogP contribution in [0.5, 0.6) is 11.5 Å². The molecule has 0 bridgehead atoms. The molecule has 0 aromatic heterocycles. The van der Waals surface area contributed by atoms with Gasteiger partial charge in [-0.2, -0.15) is 0 Å². The van der Waals surface area contributed by atoms with Gasteiger partial charge in [-0.05, 0) is 65.5 Å². The van der Waals surface area contributed by atoms with Crippen molar-refractivity contribution >= 4 is 39.7 Å². The molecule has 53 heavy (non-hydrogen) atoms. The van der Waals surface area contributed by atoms with Gasteiger partial charge in [0.15, 0.2) is 11.6 Å². The van der Waals surface area contributed by atoms with Gasteiger partial charge in [0.1, 0.15) is 11.5 Å². The lowest BCUT2D eigenvalue weighted by molar-refractivity contribution is -0.140. The molecule has 6 atom stereocenters. The molecule has 0 radical (unpaired) electrons. The van der Waals surface area contributed by atoms with E-state index in [1.807, 2.05) is 103 Å². The summed E-state index contributed by atoms with van der Waals surface area (Å²) < 4.78 is 0. The summed E-state index contributed by atoms with van der Waals surface area (Å²) in [5.41, 5.74) is 2.46. The molecular formula is C46H37NO6. The molecule has 5 aromatic carbocycles. The summed E-state index contributed by atoms with van der Waals surface area (Å²) in [6, 6.07) is 36.7. The minimum Gasteiger partial charge on any atom is -0.508 e. The maximum absolute atomic E-state index is 15.3. The number of rotatable bonds is 6. The Hall–Kier alpha value is -6.08. The molecule has 2 amide bonds. The van der Waals surface area contributed by atoms with Crippen LogP contribution in [0.15, 0.2) is 139 Å². The molecule has 7 nitrogen and oxygen atoms in total. The molecule has 4 aliphatic rings. The van der Waals surface area contributed by atoms with Gasteiger partial charge in [0.05, 0.1) is 17.3 Å². The minimum atomic E-state index is -1.42. The Morgan fingerprint density at radius 1 is 0.717 bits per heavy atom. The summed E-state index contributed by atoms with van der Waals surface area (Å²) in [5.74, 6) is -4.24. The van der Waals surface area contributed by atoms with E-state index in [4.69, 9.17) is 0 Å². The number of phenolic OH excluding ortho intramolecular Hbond substituents is 2. The van der Waals surface area contributed by atoms with Gasteiger partial charge in [0, 0.05) is 34.9 Å². The van der Waals surface area contributed by atoms with E-state index in [9.17, 15) is 19.8 Å². The predicted molar refractivity (Wildman–Crippen MR) is 201 cm³/mol. The molecule has 3 aliphatic carbocycles. The van der Waals surface area contributed by atoms with Crippen molar-refractivity contribution in [3.05, 3.63) is 161 Å². The Bertz CT molecular complexity index is 2380. The van der Waals surface area contributed by atoms with Crippen LogP contribution in [0.1, 0.15) is 41.0 Å². The van der Waals surface area contributed by atoms with E-state index in [0.717, 1.165) is 16.5 Å². The maximum atomic E-state index is 15.3. The quantitative estimate of drug-likeness (QED) is 0.142. The van der Waals surface area contributed by atoms with Gasteiger partial charge in [-0.15, -0.1) is 0 Å². The number of benzene rings is 5. The third kappa shape index (κ3) is 4.94. The smallest absolute Gasteiger partial charge is 0.233 e. The lowest BCUT2D eigenvalue weighted by atomic mass is 9.44. The zero-order chi connectivity index (χ0) is 36.4. The normalized spacial score (nSPS) is 26.5. The van der Waals surface area contributed by atoms with Crippen molar-refractivity contribution in [2.75, 3.05) is 6.54 Å². The molecule has 9 rings (SSSR count). The standard InChI is InChI=1S/C46H37NO6/c48-31-18-15-27(16-19-31)23-24-47-44(52)34-22-21-33-37(40(34)45(47)53)25-38-43(51)36(28-9-3-1-4-10-28)26-39(49)46(38,30-12-5-2-6-13-30)41(33)35-20-17-29-11-7-8-14-32(29)42(35)50/h1-21,26,34,37-38,40-41,48,50H,22-25H2/t34-,37+,38-,40-,41+,46-/m0/s1. The Morgan fingerprint density at radius 2 is 1.42 bits per heavy atom. The largest absolute Gasteiger partial charge is 0.508 e. The summed E-state index contributed by atoms with van der Waals surface area (Å²) in [5, 5.41) is 23.4. The number of carbonyl (C=O) groups is 4. The van der Waals surface area contributed by atoms with Crippen molar-refractivity contribution in [3.8, 4) is 11.5 Å². The van der Waals surface area contributed by atoms with Crippen LogP contribution < -0.4 is 0 Å². The van der Waals surface area contributed by atoms with E-state index < -0.39 is 35.0 Å². The summed E-state index contributed by atoms with van der Waals surface area (Å²) in [4.78, 5) is 60.3. The zero-order valence-electron chi connectivity index (χ0n) is 28.9. The van der Waals surface area contributed by atoms with Gasteiger partial charge in [-0.1, -0.05) is 121 Å². The molecule has 262 valence electrons. The summed E-state index contributed by atoms with van der Waals surface area (Å²) in [6.07, 6.45) is 4.47. The fraction of sp³-hybridized carbons (Fsp3) is 0.217. The van der Waals surface area contributed by atoms with Crippen molar-refractivity contribution in [2.45, 2.75) is 30.6 Å². The van der Waals surface area contributed by atoms with Gasteiger partial charge in [0.25, 0.3) is 0 Å². The molecule has 2 fully saturated rings. The number of hydrogen-bond donors (Lipinski definition) is 2. The van der Waals surface area contributed by atoms with Gasteiger partial charge in [-0.25, -0.2) is 0 Å². The number of allylic oxidation sites excluding steroid dienone is 4. The molecule has 1 saturated heterocycles. The second-order valence-corrected chi connectivity index (χ2v) is 14.8. The first kappa shape index (κ1) is 32.8. The third-order valence-electron chi connectivity index (χ3n) is 12.3. The molecule has 1 aliphatic heterocycles. The van der Waals surface area contributed by atoms with Crippen LogP contribution in [0.4, 0.5) is 0 Å². The van der Waals surface area contributed by atoms with Gasteiger partial charge in [-0.3, -0.25) is 24.1 Å². The van der Waals surface area contributed by atoms with E-state index >= 15 is 9.59 Å². The van der Waals surface area contributed by atoms with E-state index in [1.165, 1.54) is 11.0 Å². The van der Waals surface area contributed by atoms with E-state index in [2.05, 4.69) is 0 Å². The molecule has 5 aromatic rings. The van der Waals surface area contributed by atoms with Gasteiger partial charge in [0.2, 0.25) is 11.8 Å². The average molecular weight is 700 g/mol. The van der Waals surface area contributed by atoms with Crippen molar-refractivity contribution < 1.29 is 29.4 Å². The topological polar surface area (TPSA) is 112 Å². The van der Waals surface area contributed by atoms with Crippen LogP contribution >= 0.6 is 0 Å². The monoisotopic (exact) mass is 699 g/mol. The van der Waals surface area contributed by atoms with Gasteiger partial charge < -0.3 is 10.2 Å². The maximum Gasteiger partial charge on any atom is 0.233 e. The highest BCUT2D eigenvalue weighted by atomic mass is 16.3. The van der Waals surface area contributed by atoms with E-state index in [-0.39, 0.29) is 47.8 Å². The van der Waals surface area contributed by atoms with Crippen LogP contribution in [0.3, 0.4) is 0 Å². The van der Waals surface area contributed by atoms with E-state index in [0.29, 0.717) is 40.5 Å². The summed E-state index contributed by atoms with van der Waals surface area (Å²) in [7, 11) is 0. The minimum absolute atomic E-state index is 0.0354. The number of amides is 2. The van der Waals surface area contributed by atoms with Crippen LogP contribution in [0.2, 0.25) is 0 Å². The fourth-order valence-corrected chi connectivity index (χ4v) is 9.91. The Morgan fingerprint density at radius 3 is 2.17 bits per heavy atom. The molecule has 1 saturated carbocycles. The second kappa shape index (κ2) is 12.6. The first-order valence-electron chi connectivity index (χ1n) is 18.2. The molecule has 2 N–H and O–H groups in total. The molecule has 0 spiro atoms. The first-order valence-corrected chi connectivity index (χ1v) is 18.2. The van der Waals surface area contributed by atoms with Crippen molar-refractivity contribution in [3.63, 3.8) is 0 Å². The van der Waals surface area contributed by atoms with E-state index in [1.54, 1.807) is 24.3 Å². The predicted octanol–water partition coefficient (Wildman–Crippen LogP) is 7.32. The Balaban J connectivity index is 1.23. The zero-order valence-corrected chi connectivity index (χ0v) is 28.9. The number of aromatic hydroxyl groups is 2. The highest BCUT2D eigenvalue weighted by Crippen LogP contribution is 2.64. The Kier molecular flexibility index (Phi) is 7.77. The number of fused-ring (bicyclic) bond motifs is 5.